The maximum Gasteiger partial charge on any atom is 0.266 e. The quantitative estimate of drug-likeness (QED) is 0.842. The summed E-state index contributed by atoms with van der Waals surface area (Å²) < 4.78 is 26.7. The Kier molecular flexibility index (Phi) is 4.13. The molecule has 0 atom stereocenters. The zero-order valence-electron chi connectivity index (χ0n) is 9.92. The summed E-state index contributed by atoms with van der Waals surface area (Å²) in [6.07, 6.45) is 3.05. The second-order valence-corrected chi connectivity index (χ2v) is 6.90. The number of aromatic nitrogens is 1. The first kappa shape index (κ1) is 14.3. The number of hydrogen-bond donors (Lipinski definition) is 0. The third-order valence-electron chi connectivity index (χ3n) is 2.55. The molecule has 100 valence electrons. The van der Waals surface area contributed by atoms with E-state index in [1.807, 2.05) is 0 Å². The molecule has 0 amide bonds. The van der Waals surface area contributed by atoms with Crippen LogP contribution in [0, 0.1) is 0 Å². The van der Waals surface area contributed by atoms with Gasteiger partial charge in [-0.2, -0.15) is 0 Å². The molecule has 0 N–H and O–H groups in total. The van der Waals surface area contributed by atoms with Crippen molar-refractivity contribution in [2.75, 3.05) is 11.4 Å². The molecule has 0 bridgehead atoms. The van der Waals surface area contributed by atoms with E-state index in [9.17, 15) is 8.42 Å². The van der Waals surface area contributed by atoms with Gasteiger partial charge in [-0.15, -0.1) is 0 Å². The first-order valence-electron chi connectivity index (χ1n) is 5.27. The summed E-state index contributed by atoms with van der Waals surface area (Å²) in [6, 6.07) is 8.18. The Labute approximate surface area is 125 Å². The summed E-state index contributed by atoms with van der Waals surface area (Å²) in [5, 5.41) is 0.171. The molecule has 0 aliphatic rings. The molecule has 0 radical (unpaired) electrons. The molecule has 0 aliphatic heterocycles. The van der Waals surface area contributed by atoms with Gasteiger partial charge in [0.25, 0.3) is 10.0 Å². The highest BCUT2D eigenvalue weighted by Crippen LogP contribution is 2.32. The largest absolute Gasteiger partial charge is 0.268 e. The zero-order valence-corrected chi connectivity index (χ0v) is 13.1. The molecule has 2 aromatic rings. The second kappa shape index (κ2) is 5.48. The summed E-state index contributed by atoms with van der Waals surface area (Å²) in [6.45, 7) is 0. The average Bonchev–Trinajstić information content (AvgIpc) is 2.38. The lowest BCUT2D eigenvalue weighted by atomic mass is 10.4. The third kappa shape index (κ3) is 2.75. The van der Waals surface area contributed by atoms with E-state index >= 15 is 0 Å². The highest BCUT2D eigenvalue weighted by atomic mass is 79.9. The molecule has 0 saturated heterocycles. The maximum atomic E-state index is 12.6. The van der Waals surface area contributed by atoms with E-state index in [1.54, 1.807) is 30.5 Å². The van der Waals surface area contributed by atoms with Crippen molar-refractivity contribution in [3.63, 3.8) is 0 Å². The molecule has 0 aliphatic carbocycles. The van der Waals surface area contributed by atoms with Crippen LogP contribution in [0.5, 0.6) is 0 Å². The predicted octanol–water partition coefficient (Wildman–Crippen LogP) is 3.32. The van der Waals surface area contributed by atoms with Crippen molar-refractivity contribution in [1.82, 2.24) is 4.98 Å². The number of anilines is 1. The highest BCUT2D eigenvalue weighted by Gasteiger charge is 2.26. The average molecular weight is 362 g/mol. The fourth-order valence-corrected chi connectivity index (χ4v) is 4.39. The van der Waals surface area contributed by atoms with Crippen molar-refractivity contribution in [3.05, 3.63) is 52.2 Å². The Balaban J connectivity index is 2.55. The van der Waals surface area contributed by atoms with Crippen LogP contribution in [0.2, 0.25) is 5.02 Å². The molecule has 19 heavy (non-hydrogen) atoms. The van der Waals surface area contributed by atoms with Crippen molar-refractivity contribution < 1.29 is 8.42 Å². The Morgan fingerprint density at radius 1 is 1.26 bits per heavy atom. The van der Waals surface area contributed by atoms with Crippen LogP contribution in [0.4, 0.5) is 5.69 Å². The number of benzene rings is 1. The van der Waals surface area contributed by atoms with Crippen LogP contribution in [0.25, 0.3) is 0 Å². The lowest BCUT2D eigenvalue weighted by molar-refractivity contribution is 0.594. The first-order chi connectivity index (χ1) is 8.94. The lowest BCUT2D eigenvalue weighted by Gasteiger charge is -2.20. The molecule has 0 unspecified atom stereocenters. The van der Waals surface area contributed by atoms with Gasteiger partial charge in [0.15, 0.2) is 0 Å². The van der Waals surface area contributed by atoms with Gasteiger partial charge in [0.1, 0.15) is 4.90 Å². The second-order valence-electron chi connectivity index (χ2n) is 3.73. The summed E-state index contributed by atoms with van der Waals surface area (Å²) in [4.78, 5) is 3.95. The van der Waals surface area contributed by atoms with Gasteiger partial charge in [-0.25, -0.2) is 8.42 Å². The van der Waals surface area contributed by atoms with Gasteiger partial charge < -0.3 is 0 Å². The highest BCUT2D eigenvalue weighted by molar-refractivity contribution is 9.10. The topological polar surface area (TPSA) is 50.3 Å². The molecule has 1 aromatic carbocycles. The van der Waals surface area contributed by atoms with E-state index in [1.165, 1.54) is 19.3 Å². The third-order valence-corrected chi connectivity index (χ3v) is 5.78. The van der Waals surface area contributed by atoms with Gasteiger partial charge in [0, 0.05) is 17.7 Å². The van der Waals surface area contributed by atoms with E-state index in [-0.39, 0.29) is 9.92 Å². The van der Waals surface area contributed by atoms with Crippen molar-refractivity contribution in [1.29, 1.82) is 0 Å². The predicted molar refractivity (Wildman–Crippen MR) is 79.0 cm³/mol. The van der Waals surface area contributed by atoms with Gasteiger partial charge in [-0.3, -0.25) is 9.29 Å². The Bertz CT molecular complexity index is 672. The van der Waals surface area contributed by atoms with Crippen LogP contribution < -0.4 is 4.31 Å². The lowest BCUT2D eigenvalue weighted by Crippen LogP contribution is -2.27. The molecular formula is C12H10BrClN2O2S. The normalized spacial score (nSPS) is 11.3. The molecular weight excluding hydrogens is 352 g/mol. The minimum atomic E-state index is -3.74. The smallest absolute Gasteiger partial charge is 0.266 e. The van der Waals surface area contributed by atoms with Gasteiger partial charge in [-0.1, -0.05) is 17.7 Å². The zero-order chi connectivity index (χ0) is 14.0. The molecule has 4 nitrogen and oxygen atoms in total. The maximum absolute atomic E-state index is 12.6. The molecule has 0 spiro atoms. The first-order valence-corrected chi connectivity index (χ1v) is 7.88. The van der Waals surface area contributed by atoms with Crippen LogP contribution in [0.15, 0.2) is 52.1 Å². The minimum absolute atomic E-state index is 0.0445. The van der Waals surface area contributed by atoms with E-state index in [0.717, 1.165) is 4.31 Å². The Morgan fingerprint density at radius 3 is 2.58 bits per heavy atom. The number of hydrogen-bond acceptors (Lipinski definition) is 3. The number of pyridine rings is 1. The number of rotatable bonds is 3. The number of sulfonamides is 1. The van der Waals surface area contributed by atoms with Crippen molar-refractivity contribution in [2.45, 2.75) is 4.90 Å². The van der Waals surface area contributed by atoms with E-state index in [2.05, 4.69) is 20.9 Å². The number of nitrogens with zero attached hydrogens (tertiary/aromatic N) is 2. The van der Waals surface area contributed by atoms with Crippen LogP contribution in [-0.4, -0.2) is 20.4 Å². The molecule has 1 aromatic heterocycles. The van der Waals surface area contributed by atoms with Crippen molar-refractivity contribution >= 4 is 43.2 Å². The number of halogens is 2. The van der Waals surface area contributed by atoms with Gasteiger partial charge >= 0.3 is 0 Å². The van der Waals surface area contributed by atoms with Crippen molar-refractivity contribution in [2.24, 2.45) is 0 Å². The van der Waals surface area contributed by atoms with Crippen LogP contribution >= 0.6 is 27.5 Å². The van der Waals surface area contributed by atoms with Gasteiger partial charge in [0.05, 0.1) is 16.9 Å². The SMILES string of the molecule is CN(c1cccnc1)S(=O)(=O)c1c(Cl)cccc1Br. The Hall–Kier alpha value is -1.11. The summed E-state index contributed by atoms with van der Waals surface area (Å²) >= 11 is 9.21. The standard InChI is InChI=1S/C12H10BrClN2O2S/c1-16(9-4-3-7-15-8-9)19(17,18)12-10(13)5-2-6-11(12)14/h2-8H,1H3. The molecule has 1 heterocycles. The fraction of sp³-hybridized carbons (Fsp3) is 0.0833. The van der Waals surface area contributed by atoms with E-state index in [4.69, 9.17) is 11.6 Å². The summed E-state index contributed by atoms with van der Waals surface area (Å²) in [7, 11) is -2.28. The fourth-order valence-electron chi connectivity index (χ4n) is 1.54. The molecule has 2 rings (SSSR count). The molecule has 0 fully saturated rings. The van der Waals surface area contributed by atoms with Gasteiger partial charge in [0.2, 0.25) is 0 Å². The molecule has 7 heteroatoms. The molecule has 0 saturated carbocycles. The van der Waals surface area contributed by atoms with E-state index < -0.39 is 10.0 Å². The summed E-state index contributed by atoms with van der Waals surface area (Å²) in [5.41, 5.74) is 0.467. The van der Waals surface area contributed by atoms with Crippen LogP contribution in [0.3, 0.4) is 0 Å². The van der Waals surface area contributed by atoms with Crippen molar-refractivity contribution in [3.8, 4) is 0 Å². The summed E-state index contributed by atoms with van der Waals surface area (Å²) in [5.74, 6) is 0. The van der Waals surface area contributed by atoms with Crippen LogP contribution in [0.1, 0.15) is 0 Å². The van der Waals surface area contributed by atoms with Gasteiger partial charge in [-0.05, 0) is 40.2 Å². The Morgan fingerprint density at radius 2 is 2.00 bits per heavy atom. The van der Waals surface area contributed by atoms with E-state index in [0.29, 0.717) is 10.2 Å². The minimum Gasteiger partial charge on any atom is -0.268 e. The monoisotopic (exact) mass is 360 g/mol. The van der Waals surface area contributed by atoms with Crippen LogP contribution in [-0.2, 0) is 10.0 Å².